The molecular weight excluding hydrogens is 262 g/mol. The normalized spacial score (nSPS) is 17.7. The number of ether oxygens (including phenoxy) is 1. The first-order valence-corrected chi connectivity index (χ1v) is 6.99. The van der Waals surface area contributed by atoms with Crippen molar-refractivity contribution in [1.29, 1.82) is 0 Å². The molecular formula is C17H19N3O. The number of nitrogens with two attached hydrogens (primary N) is 1. The molecule has 2 aromatic rings. The molecule has 2 N–H and O–H groups in total. The zero-order valence-corrected chi connectivity index (χ0v) is 12.3. The van der Waals surface area contributed by atoms with Gasteiger partial charge in [-0.2, -0.15) is 0 Å². The fraction of sp³-hybridized carbons (Fsp3) is 0.235. The third-order valence-electron chi connectivity index (χ3n) is 3.74. The lowest BCUT2D eigenvalue weighted by molar-refractivity contribution is 0.415. The topological polar surface area (TPSA) is 50.9 Å². The Hall–Kier alpha value is -2.49. The molecule has 4 nitrogen and oxygen atoms in total. The number of hydrogen-bond donors (Lipinski definition) is 1. The van der Waals surface area contributed by atoms with Crippen LogP contribution in [0.15, 0.2) is 53.5 Å². The summed E-state index contributed by atoms with van der Waals surface area (Å²) in [5.74, 6) is 1.37. The van der Waals surface area contributed by atoms with Crippen molar-refractivity contribution in [3.8, 4) is 5.75 Å². The molecule has 1 aliphatic rings. The lowest BCUT2D eigenvalue weighted by Gasteiger charge is -2.27. The van der Waals surface area contributed by atoms with E-state index in [1.807, 2.05) is 24.3 Å². The van der Waals surface area contributed by atoms with Gasteiger partial charge in [0.05, 0.1) is 19.7 Å². The summed E-state index contributed by atoms with van der Waals surface area (Å²) in [4.78, 5) is 6.48. The fourth-order valence-corrected chi connectivity index (χ4v) is 2.70. The molecule has 1 heterocycles. The average molecular weight is 281 g/mol. The Labute approximate surface area is 124 Å². The maximum Gasteiger partial charge on any atom is 0.196 e. The quantitative estimate of drug-likeness (QED) is 0.941. The van der Waals surface area contributed by atoms with Gasteiger partial charge < -0.3 is 15.4 Å². The van der Waals surface area contributed by atoms with E-state index in [1.54, 1.807) is 7.11 Å². The highest BCUT2D eigenvalue weighted by atomic mass is 16.5. The van der Waals surface area contributed by atoms with Crippen molar-refractivity contribution in [2.75, 3.05) is 18.6 Å². The summed E-state index contributed by atoms with van der Waals surface area (Å²) in [6.07, 6.45) is 0. The van der Waals surface area contributed by atoms with Crippen LogP contribution in [-0.2, 0) is 0 Å². The molecule has 0 saturated heterocycles. The SMILES string of the molecule is COc1cccc(N2C(N)=NCC2c2cccc(C)c2)c1. The number of hydrogen-bond acceptors (Lipinski definition) is 4. The molecule has 2 aromatic carbocycles. The van der Waals surface area contributed by atoms with Crippen LogP contribution in [0.2, 0.25) is 0 Å². The van der Waals surface area contributed by atoms with E-state index in [4.69, 9.17) is 10.5 Å². The summed E-state index contributed by atoms with van der Waals surface area (Å²) in [6, 6.07) is 16.5. The number of aryl methyl sites for hydroxylation is 1. The van der Waals surface area contributed by atoms with Gasteiger partial charge in [-0.15, -0.1) is 0 Å². The second kappa shape index (κ2) is 5.48. The second-order valence-corrected chi connectivity index (χ2v) is 5.20. The van der Waals surface area contributed by atoms with Crippen LogP contribution in [0, 0.1) is 6.92 Å². The van der Waals surface area contributed by atoms with Crippen LogP contribution in [0.4, 0.5) is 5.69 Å². The highest BCUT2D eigenvalue weighted by Gasteiger charge is 2.29. The van der Waals surface area contributed by atoms with Crippen LogP contribution in [0.5, 0.6) is 5.75 Å². The van der Waals surface area contributed by atoms with Gasteiger partial charge in [0.15, 0.2) is 5.96 Å². The number of methoxy groups -OCH3 is 1. The molecule has 0 bridgehead atoms. The molecule has 3 rings (SSSR count). The van der Waals surface area contributed by atoms with Gasteiger partial charge in [-0.1, -0.05) is 35.9 Å². The molecule has 0 fully saturated rings. The molecule has 108 valence electrons. The smallest absolute Gasteiger partial charge is 0.196 e. The van der Waals surface area contributed by atoms with Crippen molar-refractivity contribution >= 4 is 11.6 Å². The zero-order chi connectivity index (χ0) is 14.8. The highest BCUT2D eigenvalue weighted by molar-refractivity contribution is 5.97. The van der Waals surface area contributed by atoms with Gasteiger partial charge in [-0.25, -0.2) is 0 Å². The van der Waals surface area contributed by atoms with Crippen molar-refractivity contribution in [1.82, 2.24) is 0 Å². The Kier molecular flexibility index (Phi) is 3.52. The summed E-state index contributed by atoms with van der Waals surface area (Å²) < 4.78 is 5.30. The van der Waals surface area contributed by atoms with E-state index in [1.165, 1.54) is 11.1 Å². The van der Waals surface area contributed by atoms with Crippen LogP contribution in [-0.4, -0.2) is 19.6 Å². The molecule has 1 aliphatic heterocycles. The number of rotatable bonds is 3. The standard InChI is InChI=1S/C17H19N3O/c1-12-5-3-6-13(9-12)16-11-19-17(18)20(16)14-7-4-8-15(10-14)21-2/h3-10,16H,11H2,1-2H3,(H2,18,19). The van der Waals surface area contributed by atoms with Crippen molar-refractivity contribution in [2.24, 2.45) is 10.7 Å². The van der Waals surface area contributed by atoms with Gasteiger partial charge >= 0.3 is 0 Å². The fourth-order valence-electron chi connectivity index (χ4n) is 2.70. The van der Waals surface area contributed by atoms with Crippen LogP contribution >= 0.6 is 0 Å². The van der Waals surface area contributed by atoms with Gasteiger partial charge in [0.25, 0.3) is 0 Å². The Bertz CT molecular complexity index is 681. The van der Waals surface area contributed by atoms with Crippen LogP contribution in [0.3, 0.4) is 0 Å². The molecule has 1 atom stereocenters. The predicted molar refractivity (Wildman–Crippen MR) is 85.9 cm³/mol. The molecule has 0 aromatic heterocycles. The first-order valence-electron chi connectivity index (χ1n) is 6.99. The third kappa shape index (κ3) is 2.57. The van der Waals surface area contributed by atoms with Crippen molar-refractivity contribution in [3.63, 3.8) is 0 Å². The van der Waals surface area contributed by atoms with Gasteiger partial charge in [-0.05, 0) is 24.6 Å². The molecule has 1 unspecified atom stereocenters. The summed E-state index contributed by atoms with van der Waals surface area (Å²) in [5, 5.41) is 0. The number of anilines is 1. The van der Waals surface area contributed by atoms with E-state index in [0.29, 0.717) is 12.5 Å². The molecule has 0 radical (unpaired) electrons. The zero-order valence-electron chi connectivity index (χ0n) is 12.3. The summed E-state index contributed by atoms with van der Waals surface area (Å²) in [7, 11) is 1.67. The van der Waals surface area contributed by atoms with Crippen molar-refractivity contribution in [2.45, 2.75) is 13.0 Å². The molecule has 4 heteroatoms. The monoisotopic (exact) mass is 281 g/mol. The Morgan fingerprint density at radius 3 is 2.76 bits per heavy atom. The van der Waals surface area contributed by atoms with Gasteiger partial charge in [-0.3, -0.25) is 4.99 Å². The van der Waals surface area contributed by atoms with E-state index >= 15 is 0 Å². The van der Waals surface area contributed by atoms with E-state index in [9.17, 15) is 0 Å². The lowest BCUT2D eigenvalue weighted by Crippen LogP contribution is -2.36. The number of guanidine groups is 1. The maximum atomic E-state index is 6.10. The van der Waals surface area contributed by atoms with Gasteiger partial charge in [0, 0.05) is 11.8 Å². The predicted octanol–water partition coefficient (Wildman–Crippen LogP) is 2.88. The summed E-state index contributed by atoms with van der Waals surface area (Å²) in [5.41, 5.74) is 9.57. The first-order chi connectivity index (χ1) is 10.2. The molecule has 0 aliphatic carbocycles. The van der Waals surface area contributed by atoms with Crippen LogP contribution in [0.1, 0.15) is 17.2 Å². The Balaban J connectivity index is 1.99. The minimum Gasteiger partial charge on any atom is -0.497 e. The number of aliphatic imine (C=N–C) groups is 1. The van der Waals surface area contributed by atoms with E-state index in [2.05, 4.69) is 41.1 Å². The average Bonchev–Trinajstić information content (AvgIpc) is 2.89. The van der Waals surface area contributed by atoms with Gasteiger partial charge in [0.1, 0.15) is 5.75 Å². The minimum absolute atomic E-state index is 0.136. The molecule has 0 amide bonds. The summed E-state index contributed by atoms with van der Waals surface area (Å²) >= 11 is 0. The maximum absolute atomic E-state index is 6.10. The molecule has 0 saturated carbocycles. The second-order valence-electron chi connectivity index (χ2n) is 5.20. The summed E-state index contributed by atoms with van der Waals surface area (Å²) in [6.45, 7) is 2.77. The third-order valence-corrected chi connectivity index (χ3v) is 3.74. The first kappa shape index (κ1) is 13.5. The Morgan fingerprint density at radius 1 is 1.19 bits per heavy atom. The van der Waals surface area contributed by atoms with Gasteiger partial charge in [0.2, 0.25) is 0 Å². The van der Waals surface area contributed by atoms with E-state index < -0.39 is 0 Å². The minimum atomic E-state index is 0.136. The molecule has 21 heavy (non-hydrogen) atoms. The number of benzene rings is 2. The highest BCUT2D eigenvalue weighted by Crippen LogP contribution is 2.33. The van der Waals surface area contributed by atoms with Crippen molar-refractivity contribution in [3.05, 3.63) is 59.7 Å². The van der Waals surface area contributed by atoms with Crippen molar-refractivity contribution < 1.29 is 4.74 Å². The lowest BCUT2D eigenvalue weighted by atomic mass is 10.0. The van der Waals surface area contributed by atoms with Crippen LogP contribution in [0.25, 0.3) is 0 Å². The van der Waals surface area contributed by atoms with Crippen LogP contribution < -0.4 is 15.4 Å². The Morgan fingerprint density at radius 2 is 2.00 bits per heavy atom. The van der Waals surface area contributed by atoms with E-state index in [-0.39, 0.29) is 6.04 Å². The number of nitrogens with zero attached hydrogens (tertiary/aromatic N) is 2. The van der Waals surface area contributed by atoms with E-state index in [0.717, 1.165) is 11.4 Å². The molecule has 0 spiro atoms. The largest absolute Gasteiger partial charge is 0.497 e.